The number of fused-ring (bicyclic) bond motifs is 1. The summed E-state index contributed by atoms with van der Waals surface area (Å²) < 4.78 is 16.5. The highest BCUT2D eigenvalue weighted by Gasteiger charge is 2.25. The molecule has 0 radical (unpaired) electrons. The molecule has 1 aromatic heterocycles. The first-order chi connectivity index (χ1) is 10.1. The van der Waals surface area contributed by atoms with Gasteiger partial charge in [0.1, 0.15) is 12.2 Å². The highest BCUT2D eigenvalue weighted by Crippen LogP contribution is 2.22. The van der Waals surface area contributed by atoms with Crippen LogP contribution in [0.5, 0.6) is 0 Å². The van der Waals surface area contributed by atoms with Crippen molar-refractivity contribution in [2.45, 2.75) is 25.6 Å². The highest BCUT2D eigenvalue weighted by atomic mass is 79.9. The summed E-state index contributed by atoms with van der Waals surface area (Å²) >= 11 is 3.32. The van der Waals surface area contributed by atoms with E-state index in [0.717, 1.165) is 16.3 Å². The third-order valence-corrected chi connectivity index (χ3v) is 3.85. The van der Waals surface area contributed by atoms with Gasteiger partial charge in [-0.15, -0.1) is 0 Å². The number of hydrogen-bond donors (Lipinski definition) is 0. The van der Waals surface area contributed by atoms with Crippen molar-refractivity contribution in [3.63, 3.8) is 0 Å². The van der Waals surface area contributed by atoms with Crippen LogP contribution in [0.25, 0.3) is 11.0 Å². The predicted molar refractivity (Wildman–Crippen MR) is 79.0 cm³/mol. The van der Waals surface area contributed by atoms with Crippen LogP contribution in [0.1, 0.15) is 18.4 Å². The molecule has 1 fully saturated rings. The minimum atomic E-state index is -0.481. The second-order valence-corrected chi connectivity index (χ2v) is 5.76. The van der Waals surface area contributed by atoms with E-state index >= 15 is 0 Å². The van der Waals surface area contributed by atoms with Crippen LogP contribution < -0.4 is 5.63 Å². The molecule has 0 aliphatic carbocycles. The maximum Gasteiger partial charge on any atom is 0.336 e. The van der Waals surface area contributed by atoms with Crippen LogP contribution in [0, 0.1) is 0 Å². The lowest BCUT2D eigenvalue weighted by atomic mass is 10.1. The van der Waals surface area contributed by atoms with E-state index in [0.29, 0.717) is 24.2 Å². The number of carbonyl (C=O) groups excluding carboxylic acids is 1. The summed E-state index contributed by atoms with van der Waals surface area (Å²) in [4.78, 5) is 23.4. The quantitative estimate of drug-likeness (QED) is 0.627. The zero-order valence-electron chi connectivity index (χ0n) is 11.1. The molecule has 0 saturated carbocycles. The first-order valence-corrected chi connectivity index (χ1v) is 7.43. The average molecular weight is 353 g/mol. The summed E-state index contributed by atoms with van der Waals surface area (Å²) in [5.41, 5.74) is 0.615. The monoisotopic (exact) mass is 352 g/mol. The molecule has 0 spiro atoms. The van der Waals surface area contributed by atoms with Gasteiger partial charge in [-0.2, -0.15) is 0 Å². The molecule has 2 aromatic rings. The maximum absolute atomic E-state index is 11.8. The maximum atomic E-state index is 11.8. The van der Waals surface area contributed by atoms with Crippen LogP contribution in [0.4, 0.5) is 0 Å². The summed E-state index contributed by atoms with van der Waals surface area (Å²) in [5.74, 6) is -0.383. The molecule has 1 aliphatic rings. The molecular formula is C15H13BrO5. The van der Waals surface area contributed by atoms with Crippen molar-refractivity contribution < 1.29 is 18.7 Å². The number of halogens is 1. The minimum absolute atomic E-state index is 0.0302. The molecule has 1 aromatic carbocycles. The van der Waals surface area contributed by atoms with Gasteiger partial charge in [-0.1, -0.05) is 15.9 Å². The SMILES string of the molecule is O=C(OCc1cc(=O)oc2cc(Br)ccc12)[C@@H]1CCCO1. The first kappa shape index (κ1) is 14.3. The summed E-state index contributed by atoms with van der Waals surface area (Å²) in [6, 6.07) is 6.71. The van der Waals surface area contributed by atoms with Gasteiger partial charge in [0.05, 0.1) is 0 Å². The fourth-order valence-electron chi connectivity index (χ4n) is 2.33. The zero-order chi connectivity index (χ0) is 14.8. The number of carbonyl (C=O) groups is 1. The Hall–Kier alpha value is -1.66. The van der Waals surface area contributed by atoms with E-state index in [1.807, 2.05) is 12.1 Å². The normalized spacial score (nSPS) is 18.0. The predicted octanol–water partition coefficient (Wildman–Crippen LogP) is 2.78. The van der Waals surface area contributed by atoms with E-state index in [4.69, 9.17) is 13.9 Å². The van der Waals surface area contributed by atoms with Crippen molar-refractivity contribution in [2.75, 3.05) is 6.61 Å². The number of rotatable bonds is 3. The van der Waals surface area contributed by atoms with E-state index < -0.39 is 11.7 Å². The van der Waals surface area contributed by atoms with Gasteiger partial charge in [-0.3, -0.25) is 0 Å². The molecule has 0 N–H and O–H groups in total. The van der Waals surface area contributed by atoms with Crippen LogP contribution in [0.2, 0.25) is 0 Å². The molecule has 0 unspecified atom stereocenters. The van der Waals surface area contributed by atoms with Crippen molar-refractivity contribution in [1.82, 2.24) is 0 Å². The van der Waals surface area contributed by atoms with Gasteiger partial charge in [-0.25, -0.2) is 9.59 Å². The Labute approximate surface area is 129 Å². The van der Waals surface area contributed by atoms with Gasteiger partial charge < -0.3 is 13.9 Å². The molecule has 5 nitrogen and oxygen atoms in total. The lowest BCUT2D eigenvalue weighted by molar-refractivity contribution is -0.155. The second kappa shape index (κ2) is 5.99. The molecule has 110 valence electrons. The Morgan fingerprint density at radius 3 is 3.00 bits per heavy atom. The number of benzene rings is 1. The average Bonchev–Trinajstić information content (AvgIpc) is 2.97. The second-order valence-electron chi connectivity index (χ2n) is 4.84. The van der Waals surface area contributed by atoms with Crippen molar-refractivity contribution in [3.8, 4) is 0 Å². The van der Waals surface area contributed by atoms with Crippen LogP contribution >= 0.6 is 15.9 Å². The largest absolute Gasteiger partial charge is 0.459 e. The highest BCUT2D eigenvalue weighted by molar-refractivity contribution is 9.10. The van der Waals surface area contributed by atoms with E-state index in [2.05, 4.69) is 15.9 Å². The smallest absolute Gasteiger partial charge is 0.336 e. The summed E-state index contributed by atoms with van der Waals surface area (Å²) in [6.45, 7) is 0.619. The van der Waals surface area contributed by atoms with Crippen LogP contribution in [0.15, 0.2) is 37.9 Å². The number of ether oxygens (including phenoxy) is 2. The van der Waals surface area contributed by atoms with E-state index in [9.17, 15) is 9.59 Å². The molecule has 2 heterocycles. The third kappa shape index (κ3) is 3.16. The summed E-state index contributed by atoms with van der Waals surface area (Å²) in [7, 11) is 0. The summed E-state index contributed by atoms with van der Waals surface area (Å²) in [6.07, 6.45) is 1.07. The summed E-state index contributed by atoms with van der Waals surface area (Å²) in [5, 5.41) is 0.748. The number of esters is 1. The Balaban J connectivity index is 1.83. The zero-order valence-corrected chi connectivity index (χ0v) is 12.7. The topological polar surface area (TPSA) is 65.7 Å². The Kier molecular flexibility index (Phi) is 4.07. The molecule has 1 saturated heterocycles. The molecule has 1 atom stereocenters. The van der Waals surface area contributed by atoms with E-state index in [1.54, 1.807) is 6.07 Å². The van der Waals surface area contributed by atoms with E-state index in [1.165, 1.54) is 6.07 Å². The van der Waals surface area contributed by atoms with Crippen LogP contribution in [0.3, 0.4) is 0 Å². The lowest BCUT2D eigenvalue weighted by Crippen LogP contribution is -2.22. The molecular weight excluding hydrogens is 340 g/mol. The van der Waals surface area contributed by atoms with E-state index in [-0.39, 0.29) is 12.6 Å². The first-order valence-electron chi connectivity index (χ1n) is 6.64. The standard InChI is InChI=1S/C15H13BrO5/c16-10-3-4-11-9(6-14(17)21-13(11)7-10)8-20-15(18)12-2-1-5-19-12/h3-4,6-7,12H,1-2,5,8H2/t12-/m0/s1. The van der Waals surface area contributed by atoms with Gasteiger partial charge in [0, 0.05) is 28.1 Å². The fraction of sp³-hybridized carbons (Fsp3) is 0.333. The van der Waals surface area contributed by atoms with Crippen molar-refractivity contribution in [2.24, 2.45) is 0 Å². The van der Waals surface area contributed by atoms with Crippen molar-refractivity contribution >= 4 is 32.9 Å². The molecule has 3 rings (SSSR count). The Morgan fingerprint density at radius 1 is 1.38 bits per heavy atom. The van der Waals surface area contributed by atoms with Crippen LogP contribution in [-0.2, 0) is 20.9 Å². The van der Waals surface area contributed by atoms with Gasteiger partial charge >= 0.3 is 11.6 Å². The fourth-order valence-corrected chi connectivity index (χ4v) is 2.67. The molecule has 21 heavy (non-hydrogen) atoms. The van der Waals surface area contributed by atoms with Gasteiger partial charge in [0.25, 0.3) is 0 Å². The molecule has 1 aliphatic heterocycles. The molecule has 0 amide bonds. The Bertz CT molecular complexity index is 730. The Morgan fingerprint density at radius 2 is 2.24 bits per heavy atom. The minimum Gasteiger partial charge on any atom is -0.459 e. The molecule has 6 heteroatoms. The van der Waals surface area contributed by atoms with Crippen LogP contribution in [-0.4, -0.2) is 18.7 Å². The van der Waals surface area contributed by atoms with Crippen molar-refractivity contribution in [1.29, 1.82) is 0 Å². The van der Waals surface area contributed by atoms with Crippen molar-refractivity contribution in [3.05, 3.63) is 44.7 Å². The van der Waals surface area contributed by atoms with Gasteiger partial charge in [-0.05, 0) is 31.0 Å². The number of hydrogen-bond acceptors (Lipinski definition) is 5. The molecule has 0 bridgehead atoms. The van der Waals surface area contributed by atoms with Gasteiger partial charge in [0.2, 0.25) is 0 Å². The van der Waals surface area contributed by atoms with Gasteiger partial charge in [0.15, 0.2) is 6.10 Å². The third-order valence-electron chi connectivity index (χ3n) is 3.35. The lowest BCUT2D eigenvalue weighted by Gasteiger charge is -2.10.